The van der Waals surface area contributed by atoms with Crippen LogP contribution in [0.3, 0.4) is 0 Å². The zero-order valence-corrected chi connectivity index (χ0v) is 14.6. The van der Waals surface area contributed by atoms with Gasteiger partial charge in [-0.2, -0.15) is 41.3 Å². The highest BCUT2D eigenvalue weighted by Crippen LogP contribution is 2.36. The van der Waals surface area contributed by atoms with E-state index in [0.717, 1.165) is 12.8 Å². The van der Waals surface area contributed by atoms with Gasteiger partial charge in [-0.25, -0.2) is 0 Å². The second kappa shape index (κ2) is 9.08. The Labute approximate surface area is 147 Å². The molecule has 12 heteroatoms. The highest BCUT2D eigenvalue weighted by Gasteiger charge is 2.59. The first-order valence-electron chi connectivity index (χ1n) is 8.07. The molecule has 0 aliphatic rings. The van der Waals surface area contributed by atoms with Crippen molar-refractivity contribution < 1.29 is 31.1 Å². The summed E-state index contributed by atoms with van der Waals surface area (Å²) in [5.41, 5.74) is 0. The molecule has 6 nitrogen and oxygen atoms in total. The maximum absolute atomic E-state index is 12.7. The van der Waals surface area contributed by atoms with Gasteiger partial charge >= 0.3 is 18.4 Å². The van der Waals surface area contributed by atoms with Gasteiger partial charge in [-0.15, -0.1) is 0 Å². The first-order chi connectivity index (χ1) is 12.0. The molecule has 26 heavy (non-hydrogen) atoms. The third-order valence-corrected chi connectivity index (χ3v) is 3.28. The van der Waals surface area contributed by atoms with Crippen LogP contribution in [0, 0.1) is 0 Å². The summed E-state index contributed by atoms with van der Waals surface area (Å²) >= 11 is 0. The number of nitrogens with one attached hydrogen (secondary N) is 1. The van der Waals surface area contributed by atoms with Crippen molar-refractivity contribution in [3.05, 3.63) is 0 Å². The van der Waals surface area contributed by atoms with Crippen LogP contribution >= 0.6 is 0 Å². The van der Waals surface area contributed by atoms with Crippen LogP contribution in [0.2, 0.25) is 0 Å². The second-order valence-corrected chi connectivity index (χ2v) is 5.28. The number of hydrogen-bond donors (Lipinski definition) is 1. The number of hydrogen-bond acceptors (Lipinski definition) is 6. The van der Waals surface area contributed by atoms with Crippen LogP contribution < -0.4 is 15.0 Å². The molecule has 0 amide bonds. The van der Waals surface area contributed by atoms with Crippen LogP contribution in [0.15, 0.2) is 0 Å². The third-order valence-electron chi connectivity index (χ3n) is 3.28. The summed E-state index contributed by atoms with van der Waals surface area (Å²) in [5, 5.41) is 2.75. The lowest BCUT2D eigenvalue weighted by Crippen LogP contribution is -2.47. The van der Waals surface area contributed by atoms with E-state index in [1.54, 1.807) is 18.7 Å². The van der Waals surface area contributed by atoms with E-state index in [0.29, 0.717) is 19.6 Å². The number of aromatic nitrogens is 3. The molecule has 0 bridgehead atoms. The van der Waals surface area contributed by atoms with Crippen LogP contribution in [0.4, 0.5) is 38.2 Å². The number of rotatable bonds is 9. The van der Waals surface area contributed by atoms with E-state index in [1.165, 1.54) is 0 Å². The van der Waals surface area contributed by atoms with Gasteiger partial charge in [0, 0.05) is 19.6 Å². The quantitative estimate of drug-likeness (QED) is 0.512. The summed E-state index contributed by atoms with van der Waals surface area (Å²) in [4.78, 5) is 12.7. The molecule has 0 atom stereocenters. The second-order valence-electron chi connectivity index (χ2n) is 5.28. The van der Waals surface area contributed by atoms with Crippen molar-refractivity contribution in [1.82, 2.24) is 15.0 Å². The van der Waals surface area contributed by atoms with E-state index in [2.05, 4.69) is 25.0 Å². The van der Waals surface area contributed by atoms with Crippen molar-refractivity contribution in [2.45, 2.75) is 52.1 Å². The molecule has 0 unspecified atom stereocenters. The summed E-state index contributed by atoms with van der Waals surface area (Å²) in [6.45, 7) is 6.60. The molecular formula is C14H21F6N5O. The van der Waals surface area contributed by atoms with Crippen LogP contribution in [-0.2, 0) is 0 Å². The Bertz CT molecular complexity index is 548. The fourth-order valence-electron chi connectivity index (χ4n) is 1.93. The van der Waals surface area contributed by atoms with Gasteiger partial charge in [0.05, 0.1) is 0 Å². The minimum absolute atomic E-state index is 0.0675. The van der Waals surface area contributed by atoms with E-state index in [-0.39, 0.29) is 11.9 Å². The Balaban J connectivity index is 3.21. The summed E-state index contributed by atoms with van der Waals surface area (Å²) < 4.78 is 80.3. The molecule has 1 aromatic rings. The van der Waals surface area contributed by atoms with Crippen LogP contribution in [0.25, 0.3) is 0 Å². The number of halogens is 6. The zero-order chi connectivity index (χ0) is 20.0. The van der Waals surface area contributed by atoms with Crippen molar-refractivity contribution in [2.24, 2.45) is 0 Å². The molecule has 0 spiro atoms. The zero-order valence-electron chi connectivity index (χ0n) is 14.6. The van der Waals surface area contributed by atoms with Crippen LogP contribution in [0.5, 0.6) is 6.01 Å². The van der Waals surface area contributed by atoms with Crippen molar-refractivity contribution in [3.8, 4) is 6.01 Å². The van der Waals surface area contributed by atoms with Gasteiger partial charge in [0.1, 0.15) is 0 Å². The average Bonchev–Trinajstić information content (AvgIpc) is 2.52. The van der Waals surface area contributed by atoms with Gasteiger partial charge in [-0.05, 0) is 20.3 Å². The van der Waals surface area contributed by atoms with E-state index >= 15 is 0 Å². The predicted molar refractivity (Wildman–Crippen MR) is 83.3 cm³/mol. The number of unbranched alkanes of at least 4 members (excludes halogenated alkanes) is 1. The van der Waals surface area contributed by atoms with Gasteiger partial charge in [-0.1, -0.05) is 13.3 Å². The monoisotopic (exact) mass is 389 g/mol. The van der Waals surface area contributed by atoms with Gasteiger partial charge in [0.15, 0.2) is 0 Å². The first-order valence-corrected chi connectivity index (χ1v) is 8.07. The molecule has 1 aromatic heterocycles. The van der Waals surface area contributed by atoms with Crippen LogP contribution in [0.1, 0.15) is 33.6 Å². The molecule has 0 fully saturated rings. The lowest BCUT2D eigenvalue weighted by atomic mass is 10.3. The minimum atomic E-state index is -5.66. The molecule has 0 aliphatic carbocycles. The SMILES string of the molecule is CCCCNc1nc(OC(C(F)(F)F)C(F)(F)F)nc(N(CC)CC)n1. The summed E-state index contributed by atoms with van der Waals surface area (Å²) in [6.07, 6.45) is -13.8. The molecule has 150 valence electrons. The van der Waals surface area contributed by atoms with Gasteiger partial charge in [0.25, 0.3) is 6.10 Å². The van der Waals surface area contributed by atoms with Crippen molar-refractivity contribution in [2.75, 3.05) is 29.9 Å². The van der Waals surface area contributed by atoms with E-state index in [9.17, 15) is 26.3 Å². The first kappa shape index (κ1) is 22.0. The topological polar surface area (TPSA) is 63.2 Å². The summed E-state index contributed by atoms with van der Waals surface area (Å²) in [5.74, 6) is -0.212. The number of anilines is 2. The molecule has 1 N–H and O–H groups in total. The van der Waals surface area contributed by atoms with Gasteiger partial charge in [-0.3, -0.25) is 0 Å². The number of alkyl halides is 6. The summed E-state index contributed by atoms with van der Waals surface area (Å²) in [6, 6.07) is -1.04. The minimum Gasteiger partial charge on any atom is -0.440 e. The van der Waals surface area contributed by atoms with E-state index < -0.39 is 24.5 Å². The Morgan fingerprint density at radius 2 is 1.54 bits per heavy atom. The van der Waals surface area contributed by atoms with E-state index in [1.807, 2.05) is 6.92 Å². The lowest BCUT2D eigenvalue weighted by Gasteiger charge is -2.24. The number of ether oxygens (including phenoxy) is 1. The largest absolute Gasteiger partial charge is 0.440 e. The van der Waals surface area contributed by atoms with Gasteiger partial charge < -0.3 is 15.0 Å². The summed E-state index contributed by atoms with van der Waals surface area (Å²) in [7, 11) is 0. The molecule has 0 radical (unpaired) electrons. The Hall–Kier alpha value is -2.01. The normalized spacial score (nSPS) is 12.4. The lowest BCUT2D eigenvalue weighted by molar-refractivity contribution is -0.301. The Kier molecular flexibility index (Phi) is 7.69. The maximum Gasteiger partial charge on any atom is 0.434 e. The highest BCUT2D eigenvalue weighted by atomic mass is 19.4. The maximum atomic E-state index is 12.7. The van der Waals surface area contributed by atoms with Crippen LogP contribution in [-0.4, -0.2) is 53.0 Å². The van der Waals surface area contributed by atoms with Gasteiger partial charge in [0.2, 0.25) is 11.9 Å². The highest BCUT2D eigenvalue weighted by molar-refractivity contribution is 5.38. The molecule has 1 rings (SSSR count). The van der Waals surface area contributed by atoms with E-state index in [4.69, 9.17) is 0 Å². The molecule has 0 aliphatic heterocycles. The fraction of sp³-hybridized carbons (Fsp3) is 0.786. The Morgan fingerprint density at radius 3 is 2.00 bits per heavy atom. The molecule has 1 heterocycles. The molecule has 0 saturated heterocycles. The van der Waals surface area contributed by atoms with Crippen molar-refractivity contribution in [3.63, 3.8) is 0 Å². The fourth-order valence-corrected chi connectivity index (χ4v) is 1.93. The standard InChI is InChI=1S/C14H21F6N5O/c1-4-7-8-21-10-22-11(25(5-2)6-3)24-12(23-10)26-9(13(15,16)17)14(18,19)20/h9H,4-8H2,1-3H3,(H,21,22,23,24). The smallest absolute Gasteiger partial charge is 0.434 e. The van der Waals surface area contributed by atoms with Crippen molar-refractivity contribution in [1.29, 1.82) is 0 Å². The van der Waals surface area contributed by atoms with Crippen molar-refractivity contribution >= 4 is 11.9 Å². The predicted octanol–water partition coefficient (Wildman–Crippen LogP) is 3.80. The molecule has 0 aromatic carbocycles. The third kappa shape index (κ3) is 6.37. The average molecular weight is 389 g/mol. The Morgan fingerprint density at radius 1 is 0.962 bits per heavy atom. The molecule has 0 saturated carbocycles. The number of nitrogens with zero attached hydrogens (tertiary/aromatic N) is 4. The molecular weight excluding hydrogens is 368 g/mol.